The van der Waals surface area contributed by atoms with E-state index in [0.717, 1.165) is 6.42 Å². The molecule has 2 heteroatoms. The molecule has 2 rings (SSSR count). The van der Waals surface area contributed by atoms with Gasteiger partial charge in [-0.3, -0.25) is 0 Å². The largest absolute Gasteiger partial charge is 0.357 e. The molecule has 0 saturated carbocycles. The normalized spacial score (nSPS) is 23.9. The van der Waals surface area contributed by atoms with Crippen molar-refractivity contribution >= 4 is 6.21 Å². The first-order valence-corrected chi connectivity index (χ1v) is 5.35. The summed E-state index contributed by atoms with van der Waals surface area (Å²) < 4.78 is 0. The van der Waals surface area contributed by atoms with Gasteiger partial charge in [0.1, 0.15) is 5.82 Å². The average Bonchev–Trinajstić information content (AvgIpc) is 2.20. The molecule has 0 amide bonds. The molecule has 1 fully saturated rings. The standard InChI is InChI=1S/C11H18N2/c1-10-6-5-7-12-11(10)13-8-3-2-4-9-13/h7H,2-6,8-9H2,1H3. The summed E-state index contributed by atoms with van der Waals surface area (Å²) in [7, 11) is 0. The molecular weight excluding hydrogens is 160 g/mol. The molecule has 2 aliphatic heterocycles. The van der Waals surface area contributed by atoms with Crippen molar-refractivity contribution < 1.29 is 0 Å². The zero-order valence-electron chi connectivity index (χ0n) is 8.42. The van der Waals surface area contributed by atoms with Crippen molar-refractivity contribution in [1.29, 1.82) is 0 Å². The number of likely N-dealkylation sites (tertiary alicyclic amines) is 1. The van der Waals surface area contributed by atoms with Crippen LogP contribution in [0.1, 0.15) is 39.0 Å². The lowest BCUT2D eigenvalue weighted by Gasteiger charge is -2.31. The van der Waals surface area contributed by atoms with Crippen LogP contribution in [0.3, 0.4) is 0 Å². The molecule has 0 unspecified atom stereocenters. The van der Waals surface area contributed by atoms with E-state index in [-0.39, 0.29) is 0 Å². The van der Waals surface area contributed by atoms with Crippen molar-refractivity contribution in [3.05, 3.63) is 11.4 Å². The van der Waals surface area contributed by atoms with Crippen LogP contribution >= 0.6 is 0 Å². The van der Waals surface area contributed by atoms with Gasteiger partial charge in [0.15, 0.2) is 0 Å². The lowest BCUT2D eigenvalue weighted by Crippen LogP contribution is -2.29. The van der Waals surface area contributed by atoms with Crippen LogP contribution in [0.4, 0.5) is 0 Å². The van der Waals surface area contributed by atoms with Crippen LogP contribution in [0.2, 0.25) is 0 Å². The molecule has 0 aliphatic carbocycles. The molecule has 2 nitrogen and oxygen atoms in total. The number of rotatable bonds is 1. The average molecular weight is 178 g/mol. The Balaban J connectivity index is 2.09. The molecule has 72 valence electrons. The topological polar surface area (TPSA) is 15.6 Å². The minimum Gasteiger partial charge on any atom is -0.357 e. The molecule has 0 bridgehead atoms. The van der Waals surface area contributed by atoms with Gasteiger partial charge < -0.3 is 4.90 Å². The Bertz CT molecular complexity index is 234. The van der Waals surface area contributed by atoms with E-state index >= 15 is 0 Å². The Hall–Kier alpha value is -0.790. The van der Waals surface area contributed by atoms with Crippen LogP contribution in [0.5, 0.6) is 0 Å². The molecule has 0 spiro atoms. The Morgan fingerprint density at radius 1 is 1.23 bits per heavy atom. The number of allylic oxidation sites excluding steroid dienone is 1. The van der Waals surface area contributed by atoms with E-state index in [2.05, 4.69) is 23.0 Å². The highest BCUT2D eigenvalue weighted by Gasteiger charge is 2.15. The molecule has 0 aromatic carbocycles. The fourth-order valence-corrected chi connectivity index (χ4v) is 2.11. The molecule has 0 aromatic heterocycles. The minimum absolute atomic E-state index is 1.13. The van der Waals surface area contributed by atoms with Gasteiger partial charge in [-0.2, -0.15) is 0 Å². The molecule has 13 heavy (non-hydrogen) atoms. The molecule has 0 N–H and O–H groups in total. The number of nitrogens with zero attached hydrogens (tertiary/aromatic N) is 2. The maximum absolute atomic E-state index is 4.51. The Morgan fingerprint density at radius 3 is 2.69 bits per heavy atom. The second-order valence-corrected chi connectivity index (χ2v) is 4.00. The van der Waals surface area contributed by atoms with Gasteiger partial charge in [0, 0.05) is 19.3 Å². The second kappa shape index (κ2) is 3.95. The van der Waals surface area contributed by atoms with Gasteiger partial charge in [0.25, 0.3) is 0 Å². The fraction of sp³-hybridized carbons (Fsp3) is 0.727. The highest BCUT2D eigenvalue weighted by molar-refractivity contribution is 5.61. The van der Waals surface area contributed by atoms with Crippen LogP contribution in [-0.4, -0.2) is 24.2 Å². The second-order valence-electron chi connectivity index (χ2n) is 4.00. The van der Waals surface area contributed by atoms with Crippen LogP contribution in [0, 0.1) is 0 Å². The third-order valence-electron chi connectivity index (χ3n) is 2.90. The maximum atomic E-state index is 4.51. The van der Waals surface area contributed by atoms with Gasteiger partial charge in [-0.1, -0.05) is 0 Å². The highest BCUT2D eigenvalue weighted by Crippen LogP contribution is 2.22. The fourth-order valence-electron chi connectivity index (χ4n) is 2.11. The minimum atomic E-state index is 1.13. The summed E-state index contributed by atoms with van der Waals surface area (Å²) in [4.78, 5) is 6.97. The SMILES string of the molecule is CC1=C(N2CCCCC2)N=CCC1. The van der Waals surface area contributed by atoms with Crippen molar-refractivity contribution in [1.82, 2.24) is 4.90 Å². The first-order valence-electron chi connectivity index (χ1n) is 5.35. The van der Waals surface area contributed by atoms with Gasteiger partial charge in [-0.05, 0) is 44.6 Å². The molecule has 1 saturated heterocycles. The maximum Gasteiger partial charge on any atom is 0.126 e. The van der Waals surface area contributed by atoms with Gasteiger partial charge >= 0.3 is 0 Å². The smallest absolute Gasteiger partial charge is 0.126 e. The van der Waals surface area contributed by atoms with Crippen molar-refractivity contribution in [2.75, 3.05) is 13.1 Å². The van der Waals surface area contributed by atoms with Crippen molar-refractivity contribution in [3.8, 4) is 0 Å². The highest BCUT2D eigenvalue weighted by atomic mass is 15.2. The molecule has 2 heterocycles. The first-order chi connectivity index (χ1) is 6.38. The summed E-state index contributed by atoms with van der Waals surface area (Å²) in [6, 6.07) is 0. The van der Waals surface area contributed by atoms with E-state index in [0.29, 0.717) is 0 Å². The van der Waals surface area contributed by atoms with Crippen LogP contribution in [0.15, 0.2) is 16.4 Å². The van der Waals surface area contributed by atoms with Crippen molar-refractivity contribution in [2.24, 2.45) is 4.99 Å². The summed E-state index contributed by atoms with van der Waals surface area (Å²) in [6.45, 7) is 4.65. The van der Waals surface area contributed by atoms with Gasteiger partial charge in [0.05, 0.1) is 0 Å². The van der Waals surface area contributed by atoms with E-state index in [1.54, 1.807) is 0 Å². The predicted molar refractivity (Wildman–Crippen MR) is 55.9 cm³/mol. The Kier molecular flexibility index (Phi) is 2.67. The molecule has 2 aliphatic rings. The van der Waals surface area contributed by atoms with Crippen molar-refractivity contribution in [2.45, 2.75) is 39.0 Å². The quantitative estimate of drug-likeness (QED) is 0.602. The van der Waals surface area contributed by atoms with Crippen LogP contribution in [-0.2, 0) is 0 Å². The summed E-state index contributed by atoms with van der Waals surface area (Å²) in [5, 5.41) is 0. The van der Waals surface area contributed by atoms with E-state index < -0.39 is 0 Å². The lowest BCUT2D eigenvalue weighted by molar-refractivity contribution is 0.279. The lowest BCUT2D eigenvalue weighted by atomic mass is 10.1. The zero-order chi connectivity index (χ0) is 9.10. The summed E-state index contributed by atoms with van der Waals surface area (Å²) in [5.41, 5.74) is 1.48. The monoisotopic (exact) mass is 178 g/mol. The number of piperidine rings is 1. The van der Waals surface area contributed by atoms with E-state index in [1.165, 1.54) is 50.2 Å². The van der Waals surface area contributed by atoms with Gasteiger partial charge in [-0.15, -0.1) is 0 Å². The third-order valence-corrected chi connectivity index (χ3v) is 2.90. The van der Waals surface area contributed by atoms with E-state index in [9.17, 15) is 0 Å². The Labute approximate surface area is 80.3 Å². The van der Waals surface area contributed by atoms with Gasteiger partial charge in [-0.25, -0.2) is 4.99 Å². The molecular formula is C11H18N2. The van der Waals surface area contributed by atoms with E-state index in [4.69, 9.17) is 0 Å². The molecule has 0 atom stereocenters. The zero-order valence-corrected chi connectivity index (χ0v) is 8.42. The number of hydrogen-bond acceptors (Lipinski definition) is 2. The summed E-state index contributed by atoms with van der Waals surface area (Å²) in [5.74, 6) is 1.27. The van der Waals surface area contributed by atoms with Crippen LogP contribution < -0.4 is 0 Å². The molecule has 0 radical (unpaired) electrons. The predicted octanol–water partition coefficient (Wildman–Crippen LogP) is 2.57. The number of aliphatic imine (C=N–C) groups is 1. The van der Waals surface area contributed by atoms with Gasteiger partial charge in [0.2, 0.25) is 0 Å². The number of hydrogen-bond donors (Lipinski definition) is 0. The first kappa shape index (κ1) is 8.79. The summed E-state index contributed by atoms with van der Waals surface area (Å²) >= 11 is 0. The van der Waals surface area contributed by atoms with Crippen molar-refractivity contribution in [3.63, 3.8) is 0 Å². The Morgan fingerprint density at radius 2 is 2.00 bits per heavy atom. The van der Waals surface area contributed by atoms with E-state index in [1.807, 2.05) is 0 Å². The molecule has 0 aromatic rings. The third kappa shape index (κ3) is 1.93. The summed E-state index contributed by atoms with van der Waals surface area (Å²) in [6.07, 6.45) is 8.47. The van der Waals surface area contributed by atoms with Crippen LogP contribution in [0.25, 0.3) is 0 Å².